The van der Waals surface area contributed by atoms with Gasteiger partial charge in [-0.25, -0.2) is 0 Å². The first-order chi connectivity index (χ1) is 9.13. The van der Waals surface area contributed by atoms with E-state index in [2.05, 4.69) is 42.3 Å². The van der Waals surface area contributed by atoms with Gasteiger partial charge in [0.25, 0.3) is 0 Å². The minimum atomic E-state index is 0.135. The maximum atomic E-state index is 11.9. The number of carbonyl (C=O) groups is 1. The minimum Gasteiger partial charge on any atom is -0.351 e. The van der Waals surface area contributed by atoms with Crippen LogP contribution in [0.5, 0.6) is 0 Å². The smallest absolute Gasteiger partial charge is 0.234 e. The summed E-state index contributed by atoms with van der Waals surface area (Å²) in [6.07, 6.45) is 2.43. The maximum Gasteiger partial charge on any atom is 0.234 e. The Morgan fingerprint density at radius 1 is 1.37 bits per heavy atom. The van der Waals surface area contributed by atoms with Crippen LogP contribution >= 0.6 is 0 Å². The Morgan fingerprint density at radius 2 is 2.11 bits per heavy atom. The highest BCUT2D eigenvalue weighted by molar-refractivity contribution is 5.78. The molecule has 0 aromatic heterocycles. The number of amides is 1. The molecule has 0 radical (unpaired) electrons. The van der Waals surface area contributed by atoms with E-state index in [-0.39, 0.29) is 5.91 Å². The van der Waals surface area contributed by atoms with Crippen LogP contribution in [0.2, 0.25) is 0 Å². The van der Waals surface area contributed by atoms with Crippen molar-refractivity contribution in [3.05, 3.63) is 35.4 Å². The third-order valence-corrected chi connectivity index (χ3v) is 3.82. The number of nitrogens with zero attached hydrogens (tertiary/aromatic N) is 1. The van der Waals surface area contributed by atoms with Gasteiger partial charge >= 0.3 is 0 Å². The van der Waals surface area contributed by atoms with E-state index in [1.54, 1.807) is 0 Å². The van der Waals surface area contributed by atoms with Gasteiger partial charge in [0.2, 0.25) is 5.91 Å². The lowest BCUT2D eigenvalue weighted by molar-refractivity contribution is -0.122. The zero-order valence-corrected chi connectivity index (χ0v) is 12.0. The molecule has 0 aliphatic carbocycles. The van der Waals surface area contributed by atoms with Gasteiger partial charge in [-0.2, -0.15) is 0 Å². The number of benzene rings is 1. The number of hydrogen-bond acceptors (Lipinski definition) is 2. The average molecular weight is 260 g/mol. The molecule has 3 nitrogen and oxygen atoms in total. The molecule has 0 atom stereocenters. The zero-order valence-electron chi connectivity index (χ0n) is 12.0. The lowest BCUT2D eigenvalue weighted by Gasteiger charge is -2.29. The molecule has 1 amide bonds. The van der Waals surface area contributed by atoms with E-state index in [1.165, 1.54) is 24.0 Å². The van der Waals surface area contributed by atoms with Crippen LogP contribution in [0.1, 0.15) is 30.9 Å². The lowest BCUT2D eigenvalue weighted by atomic mass is 9.99. The molecule has 1 saturated heterocycles. The first kappa shape index (κ1) is 14.1. The van der Waals surface area contributed by atoms with Gasteiger partial charge in [0, 0.05) is 6.54 Å². The topological polar surface area (TPSA) is 32.3 Å². The summed E-state index contributed by atoms with van der Waals surface area (Å²) in [7, 11) is 0. The predicted molar refractivity (Wildman–Crippen MR) is 77.9 cm³/mol. The fourth-order valence-corrected chi connectivity index (χ4v) is 2.50. The van der Waals surface area contributed by atoms with Crippen LogP contribution in [0.15, 0.2) is 24.3 Å². The molecule has 104 valence electrons. The summed E-state index contributed by atoms with van der Waals surface area (Å²) in [5.74, 6) is 0.947. The fourth-order valence-electron chi connectivity index (χ4n) is 2.50. The number of hydrogen-bond donors (Lipinski definition) is 1. The second-order valence-electron chi connectivity index (χ2n) is 5.72. The number of rotatable bonds is 4. The van der Waals surface area contributed by atoms with Crippen LogP contribution in [0, 0.1) is 12.8 Å². The summed E-state index contributed by atoms with van der Waals surface area (Å²) in [4.78, 5) is 14.2. The summed E-state index contributed by atoms with van der Waals surface area (Å²) >= 11 is 0. The highest BCUT2D eigenvalue weighted by atomic mass is 16.2. The van der Waals surface area contributed by atoms with E-state index < -0.39 is 0 Å². The molecular weight excluding hydrogens is 236 g/mol. The Kier molecular flexibility index (Phi) is 4.97. The Labute approximate surface area is 116 Å². The Balaban J connectivity index is 1.73. The van der Waals surface area contributed by atoms with Crippen molar-refractivity contribution in [3.8, 4) is 0 Å². The first-order valence-electron chi connectivity index (χ1n) is 7.18. The standard InChI is InChI=1S/C16H24N2O/c1-13-6-8-18(9-7-13)12-16(19)17-11-15-5-3-4-14(2)10-15/h3-5,10,13H,6-9,11-12H2,1-2H3,(H,17,19). The second kappa shape index (κ2) is 6.71. The molecule has 1 heterocycles. The number of nitrogens with one attached hydrogen (secondary N) is 1. The van der Waals surface area contributed by atoms with Crippen LogP contribution in [0.25, 0.3) is 0 Å². The Morgan fingerprint density at radius 3 is 2.79 bits per heavy atom. The van der Waals surface area contributed by atoms with Crippen LogP contribution in [0.3, 0.4) is 0 Å². The van der Waals surface area contributed by atoms with Gasteiger partial charge in [-0.05, 0) is 44.3 Å². The van der Waals surface area contributed by atoms with Crippen molar-refractivity contribution >= 4 is 5.91 Å². The van der Waals surface area contributed by atoms with Crippen molar-refractivity contribution in [2.24, 2.45) is 5.92 Å². The van der Waals surface area contributed by atoms with Gasteiger partial charge in [-0.3, -0.25) is 9.69 Å². The minimum absolute atomic E-state index is 0.135. The normalized spacial score (nSPS) is 17.4. The highest BCUT2D eigenvalue weighted by Crippen LogP contribution is 2.15. The van der Waals surface area contributed by atoms with Crippen molar-refractivity contribution in [3.63, 3.8) is 0 Å². The zero-order chi connectivity index (χ0) is 13.7. The molecule has 1 aromatic carbocycles. The summed E-state index contributed by atoms with van der Waals surface area (Å²) in [5.41, 5.74) is 2.40. The molecule has 1 aliphatic heterocycles. The van der Waals surface area contributed by atoms with Crippen molar-refractivity contribution < 1.29 is 4.79 Å². The van der Waals surface area contributed by atoms with Crippen LogP contribution in [-0.4, -0.2) is 30.4 Å². The van der Waals surface area contributed by atoms with Gasteiger partial charge in [0.15, 0.2) is 0 Å². The number of aryl methyl sites for hydroxylation is 1. The number of likely N-dealkylation sites (tertiary alicyclic amines) is 1. The molecule has 0 saturated carbocycles. The monoisotopic (exact) mass is 260 g/mol. The molecule has 1 fully saturated rings. The fraction of sp³-hybridized carbons (Fsp3) is 0.562. The van der Waals surface area contributed by atoms with E-state index in [0.29, 0.717) is 13.1 Å². The van der Waals surface area contributed by atoms with E-state index >= 15 is 0 Å². The number of piperidine rings is 1. The van der Waals surface area contributed by atoms with Crippen molar-refractivity contribution in [1.29, 1.82) is 0 Å². The van der Waals surface area contributed by atoms with Crippen LogP contribution < -0.4 is 5.32 Å². The van der Waals surface area contributed by atoms with E-state index in [1.807, 2.05) is 6.07 Å². The number of carbonyl (C=O) groups excluding carboxylic acids is 1. The summed E-state index contributed by atoms with van der Waals surface area (Å²) in [6.45, 7) is 7.64. The third-order valence-electron chi connectivity index (χ3n) is 3.82. The van der Waals surface area contributed by atoms with Gasteiger partial charge < -0.3 is 5.32 Å². The molecular formula is C16H24N2O. The van der Waals surface area contributed by atoms with Gasteiger partial charge in [0.1, 0.15) is 0 Å². The van der Waals surface area contributed by atoms with Crippen molar-refractivity contribution in [2.45, 2.75) is 33.2 Å². The van der Waals surface area contributed by atoms with Gasteiger partial charge in [0.05, 0.1) is 6.54 Å². The SMILES string of the molecule is Cc1cccc(CNC(=O)CN2CCC(C)CC2)c1. The van der Waals surface area contributed by atoms with Crippen molar-refractivity contribution in [1.82, 2.24) is 10.2 Å². The molecule has 1 aliphatic rings. The van der Waals surface area contributed by atoms with Gasteiger partial charge in [-0.15, -0.1) is 0 Å². The lowest BCUT2D eigenvalue weighted by Crippen LogP contribution is -2.41. The predicted octanol–water partition coefficient (Wildman–Crippen LogP) is 2.34. The van der Waals surface area contributed by atoms with E-state index in [4.69, 9.17) is 0 Å². The third kappa shape index (κ3) is 4.67. The summed E-state index contributed by atoms with van der Waals surface area (Å²) in [5, 5.41) is 3.00. The summed E-state index contributed by atoms with van der Waals surface area (Å²) in [6, 6.07) is 8.27. The average Bonchev–Trinajstić information content (AvgIpc) is 2.39. The maximum absolute atomic E-state index is 11.9. The second-order valence-corrected chi connectivity index (χ2v) is 5.72. The molecule has 19 heavy (non-hydrogen) atoms. The largest absolute Gasteiger partial charge is 0.351 e. The van der Waals surface area contributed by atoms with E-state index in [0.717, 1.165) is 19.0 Å². The van der Waals surface area contributed by atoms with Crippen LogP contribution in [0.4, 0.5) is 0 Å². The highest BCUT2D eigenvalue weighted by Gasteiger charge is 2.17. The molecule has 0 spiro atoms. The quantitative estimate of drug-likeness (QED) is 0.901. The van der Waals surface area contributed by atoms with Crippen molar-refractivity contribution in [2.75, 3.05) is 19.6 Å². The molecule has 2 rings (SSSR count). The first-order valence-corrected chi connectivity index (χ1v) is 7.18. The molecule has 0 unspecified atom stereocenters. The Hall–Kier alpha value is -1.35. The molecule has 1 aromatic rings. The molecule has 0 bridgehead atoms. The Bertz CT molecular complexity index is 423. The summed E-state index contributed by atoms with van der Waals surface area (Å²) < 4.78 is 0. The van der Waals surface area contributed by atoms with Gasteiger partial charge in [-0.1, -0.05) is 36.8 Å². The van der Waals surface area contributed by atoms with E-state index in [9.17, 15) is 4.79 Å². The molecule has 3 heteroatoms. The van der Waals surface area contributed by atoms with Crippen LogP contribution in [-0.2, 0) is 11.3 Å². The molecule has 1 N–H and O–H groups in total.